The van der Waals surface area contributed by atoms with Gasteiger partial charge in [0.1, 0.15) is 0 Å². The summed E-state index contributed by atoms with van der Waals surface area (Å²) >= 11 is 1.64. The van der Waals surface area contributed by atoms with E-state index in [2.05, 4.69) is 11.1 Å². The minimum Gasteiger partial charge on any atom is -1.00 e. The van der Waals surface area contributed by atoms with Gasteiger partial charge in [0, 0.05) is 0 Å². The molecule has 2 rings (SSSR count). The van der Waals surface area contributed by atoms with Crippen molar-refractivity contribution in [1.29, 1.82) is 0 Å². The molecule has 0 atom stereocenters. The Kier molecular flexibility index (Phi) is 5.25. The molecule has 0 fully saturated rings. The summed E-state index contributed by atoms with van der Waals surface area (Å²) < 4.78 is 1.21. The maximum Gasteiger partial charge on any atom is 2.00 e. The third-order valence-electron chi connectivity index (χ3n) is 1.18. The van der Waals surface area contributed by atoms with Gasteiger partial charge in [-0.2, -0.15) is 29.5 Å². The largest absolute Gasteiger partial charge is 2.00 e. The normalized spacial score (nSPS) is 8.36. The van der Waals surface area contributed by atoms with Gasteiger partial charge in [0.2, 0.25) is 0 Å². The van der Waals surface area contributed by atoms with E-state index in [0.717, 1.165) is 5.52 Å². The monoisotopic (exact) mass is 237 g/mol. The van der Waals surface area contributed by atoms with Crippen LogP contribution in [0.2, 0.25) is 0 Å². The van der Waals surface area contributed by atoms with E-state index in [1.165, 1.54) is 4.70 Å². The fourth-order valence-corrected chi connectivity index (χ4v) is 1.41. The molecule has 0 N–H and O–H groups in total. The van der Waals surface area contributed by atoms with Gasteiger partial charge in [-0.25, -0.2) is 0 Å². The van der Waals surface area contributed by atoms with Crippen molar-refractivity contribution in [3.05, 3.63) is 29.8 Å². The predicted molar refractivity (Wildman–Crippen MR) is 44.2 cm³/mol. The minimum atomic E-state index is 0. The number of hydrogen-bond donors (Lipinski definition) is 0. The van der Waals surface area contributed by atoms with Crippen molar-refractivity contribution < 1.29 is 17.0 Å². The van der Waals surface area contributed by atoms with Crippen LogP contribution in [0.5, 0.6) is 0 Å². The zero-order valence-corrected chi connectivity index (χ0v) is 9.57. The zero-order chi connectivity index (χ0) is 6.10. The topological polar surface area (TPSA) is 12.9 Å². The van der Waals surface area contributed by atoms with Crippen LogP contribution in [0.4, 0.5) is 0 Å². The Morgan fingerprint density at radius 2 is 2.27 bits per heavy atom. The van der Waals surface area contributed by atoms with E-state index in [-0.39, 0.29) is 40.0 Å². The summed E-state index contributed by atoms with van der Waals surface area (Å²) in [4.78, 5) is 4.12. The Morgan fingerprint density at radius 3 is 3.00 bits per heavy atom. The molecule has 0 radical (unpaired) electrons. The van der Waals surface area contributed by atoms with Crippen LogP contribution in [-0.2, 0) is 0 Å². The number of rotatable bonds is 0. The molecule has 0 bridgehead atoms. The molecule has 1 aromatic carbocycles. The van der Waals surface area contributed by atoms with E-state index >= 15 is 0 Å². The molecule has 0 saturated carbocycles. The van der Waals surface area contributed by atoms with Crippen LogP contribution in [0, 0.1) is 6.07 Å². The van der Waals surface area contributed by atoms with Gasteiger partial charge in [-0.1, -0.05) is 4.70 Å². The molecule has 0 unspecified atom stereocenters. The van der Waals surface area contributed by atoms with Crippen LogP contribution in [-0.4, -0.2) is 28.0 Å². The molecule has 0 aliphatic carbocycles. The molecular formula is C7H4BrMgNS. The van der Waals surface area contributed by atoms with E-state index in [1.54, 1.807) is 11.3 Å². The predicted octanol–water partition coefficient (Wildman–Crippen LogP) is -1.28. The quantitative estimate of drug-likeness (QED) is 0.412. The maximum absolute atomic E-state index is 4.12. The SMILES string of the molecule is [Br-].[Mg+2].[c-]1ccc2ncsc2c1. The third kappa shape index (κ3) is 2.40. The summed E-state index contributed by atoms with van der Waals surface area (Å²) in [6, 6.07) is 8.78. The molecule has 2 aromatic rings. The fraction of sp³-hybridized carbons (Fsp3) is 0. The molecular weight excluding hydrogens is 234 g/mol. The van der Waals surface area contributed by atoms with Gasteiger partial charge in [-0.15, -0.1) is 6.07 Å². The van der Waals surface area contributed by atoms with E-state index in [4.69, 9.17) is 0 Å². The summed E-state index contributed by atoms with van der Waals surface area (Å²) in [5.41, 5.74) is 2.91. The van der Waals surface area contributed by atoms with E-state index in [9.17, 15) is 0 Å². The van der Waals surface area contributed by atoms with Crippen molar-refractivity contribution in [2.45, 2.75) is 0 Å². The average molecular weight is 238 g/mol. The first-order valence-electron chi connectivity index (χ1n) is 2.66. The Balaban J connectivity index is 0.000000500. The van der Waals surface area contributed by atoms with Gasteiger partial charge in [0.05, 0.1) is 5.51 Å². The van der Waals surface area contributed by atoms with E-state index in [1.807, 2.05) is 23.7 Å². The Labute approximate surface area is 95.8 Å². The van der Waals surface area contributed by atoms with Crippen molar-refractivity contribution in [2.75, 3.05) is 0 Å². The number of thiazole rings is 1. The molecule has 1 aromatic heterocycles. The van der Waals surface area contributed by atoms with Crippen molar-refractivity contribution in [3.63, 3.8) is 0 Å². The zero-order valence-electron chi connectivity index (χ0n) is 5.75. The Bertz CT molecular complexity index is 292. The fourth-order valence-electron chi connectivity index (χ4n) is 0.748. The van der Waals surface area contributed by atoms with Gasteiger partial charge >= 0.3 is 23.1 Å². The van der Waals surface area contributed by atoms with Crippen LogP contribution in [0.1, 0.15) is 0 Å². The summed E-state index contributed by atoms with van der Waals surface area (Å²) in [5.74, 6) is 0. The minimum absolute atomic E-state index is 0. The second-order valence-electron chi connectivity index (χ2n) is 1.75. The summed E-state index contributed by atoms with van der Waals surface area (Å²) in [5, 5.41) is 0. The van der Waals surface area contributed by atoms with Crippen LogP contribution in [0.15, 0.2) is 23.7 Å². The van der Waals surface area contributed by atoms with Gasteiger partial charge in [0.25, 0.3) is 0 Å². The molecule has 0 amide bonds. The molecule has 52 valence electrons. The molecule has 0 saturated heterocycles. The van der Waals surface area contributed by atoms with Crippen LogP contribution in [0.3, 0.4) is 0 Å². The second-order valence-corrected chi connectivity index (χ2v) is 2.63. The number of fused-ring (bicyclic) bond motifs is 1. The Hall–Kier alpha value is 0.356. The smallest absolute Gasteiger partial charge is 1.00 e. The molecule has 1 heterocycles. The first kappa shape index (κ1) is 11.4. The first-order valence-corrected chi connectivity index (χ1v) is 3.54. The molecule has 11 heavy (non-hydrogen) atoms. The van der Waals surface area contributed by atoms with Crippen LogP contribution in [0.25, 0.3) is 10.2 Å². The molecule has 0 aliphatic rings. The number of aromatic nitrogens is 1. The summed E-state index contributed by atoms with van der Waals surface area (Å²) in [6.07, 6.45) is 0. The van der Waals surface area contributed by atoms with Crippen LogP contribution >= 0.6 is 11.3 Å². The summed E-state index contributed by atoms with van der Waals surface area (Å²) in [6.45, 7) is 0. The average Bonchev–Trinajstić information content (AvgIpc) is 2.33. The summed E-state index contributed by atoms with van der Waals surface area (Å²) in [7, 11) is 0. The van der Waals surface area contributed by atoms with Gasteiger partial charge in [0.15, 0.2) is 0 Å². The molecule has 0 spiro atoms. The van der Waals surface area contributed by atoms with Gasteiger partial charge in [-0.05, 0) is 5.52 Å². The maximum atomic E-state index is 4.12. The van der Waals surface area contributed by atoms with Gasteiger partial charge in [-0.3, -0.25) is 4.98 Å². The molecule has 4 heteroatoms. The van der Waals surface area contributed by atoms with Crippen LogP contribution < -0.4 is 17.0 Å². The van der Waals surface area contributed by atoms with E-state index < -0.39 is 0 Å². The van der Waals surface area contributed by atoms with Crippen molar-refractivity contribution in [1.82, 2.24) is 4.98 Å². The first-order chi connectivity index (χ1) is 4.47. The van der Waals surface area contributed by atoms with Crippen molar-refractivity contribution in [2.24, 2.45) is 0 Å². The molecule has 0 aliphatic heterocycles. The Morgan fingerprint density at radius 1 is 1.45 bits per heavy atom. The van der Waals surface area contributed by atoms with Gasteiger partial charge < -0.3 is 17.0 Å². The van der Waals surface area contributed by atoms with Crippen molar-refractivity contribution in [3.8, 4) is 0 Å². The number of hydrogen-bond acceptors (Lipinski definition) is 2. The number of halogens is 1. The number of benzene rings is 1. The molecule has 1 nitrogen and oxygen atoms in total. The second kappa shape index (κ2) is 5.08. The number of nitrogens with zero attached hydrogens (tertiary/aromatic N) is 1. The van der Waals surface area contributed by atoms with Crippen molar-refractivity contribution >= 4 is 44.6 Å². The van der Waals surface area contributed by atoms with E-state index in [0.29, 0.717) is 0 Å². The standard InChI is InChI=1S/C7H4NS.BrH.Mg/c1-2-4-7-6(3-1)8-5-9-7;;/h1,3-5H;1H;/q-1;;+2/p-1. The third-order valence-corrected chi connectivity index (χ3v) is 1.97.